The summed E-state index contributed by atoms with van der Waals surface area (Å²) in [5, 5.41) is 3.07. The maximum absolute atomic E-state index is 12.4. The lowest BCUT2D eigenvalue weighted by atomic mass is 9.91. The van der Waals surface area contributed by atoms with Gasteiger partial charge in [-0.3, -0.25) is 19.1 Å². The number of amides is 1. The van der Waals surface area contributed by atoms with Crippen molar-refractivity contribution in [1.82, 2.24) is 14.9 Å². The first-order valence-electron chi connectivity index (χ1n) is 8.27. The predicted octanol–water partition coefficient (Wildman–Crippen LogP) is 1.58. The van der Waals surface area contributed by atoms with Gasteiger partial charge in [-0.1, -0.05) is 43.2 Å². The van der Waals surface area contributed by atoms with Crippen LogP contribution < -0.4 is 16.6 Å². The number of aromatic nitrogens is 2. The van der Waals surface area contributed by atoms with Crippen LogP contribution in [-0.4, -0.2) is 15.5 Å². The van der Waals surface area contributed by atoms with Crippen molar-refractivity contribution in [3.8, 4) is 0 Å². The van der Waals surface area contributed by atoms with Crippen LogP contribution in [0.1, 0.15) is 37.3 Å². The first kappa shape index (κ1) is 16.2. The van der Waals surface area contributed by atoms with Crippen molar-refractivity contribution in [2.45, 2.75) is 38.3 Å². The maximum Gasteiger partial charge on any atom is 0.328 e. The van der Waals surface area contributed by atoms with Gasteiger partial charge in [0, 0.05) is 12.3 Å². The number of nitrogens with zero attached hydrogens (tertiary/aromatic N) is 1. The van der Waals surface area contributed by atoms with Gasteiger partial charge in [-0.2, -0.15) is 0 Å². The summed E-state index contributed by atoms with van der Waals surface area (Å²) in [4.78, 5) is 37.4. The molecule has 6 heteroatoms. The van der Waals surface area contributed by atoms with E-state index in [2.05, 4.69) is 10.3 Å². The quantitative estimate of drug-likeness (QED) is 0.874. The number of hydrogen-bond donors (Lipinski definition) is 2. The van der Waals surface area contributed by atoms with E-state index in [-0.39, 0.29) is 18.5 Å². The molecule has 0 aliphatic heterocycles. The van der Waals surface area contributed by atoms with Gasteiger partial charge in [0.15, 0.2) is 0 Å². The molecule has 6 nitrogen and oxygen atoms in total. The summed E-state index contributed by atoms with van der Waals surface area (Å²) >= 11 is 0. The van der Waals surface area contributed by atoms with Gasteiger partial charge in [0.05, 0.1) is 6.04 Å². The fourth-order valence-electron chi connectivity index (χ4n) is 3.37. The molecule has 1 aromatic carbocycles. The molecule has 1 atom stereocenters. The summed E-state index contributed by atoms with van der Waals surface area (Å²) in [6.45, 7) is -0.105. The SMILES string of the molecule is O=C(Cn1ccc(=O)[nH]c1=O)NC(c1ccccc1)C1CCCC1. The van der Waals surface area contributed by atoms with E-state index in [0.29, 0.717) is 5.92 Å². The Balaban J connectivity index is 1.75. The number of aromatic amines is 1. The van der Waals surface area contributed by atoms with E-state index in [1.54, 1.807) is 0 Å². The molecule has 0 radical (unpaired) electrons. The average molecular weight is 327 g/mol. The van der Waals surface area contributed by atoms with Crippen LogP contribution in [0.25, 0.3) is 0 Å². The molecule has 0 saturated heterocycles. The Labute approximate surface area is 139 Å². The Morgan fingerprint density at radius 1 is 1.17 bits per heavy atom. The van der Waals surface area contributed by atoms with Crippen LogP contribution >= 0.6 is 0 Å². The summed E-state index contributed by atoms with van der Waals surface area (Å²) in [5.74, 6) is 0.188. The summed E-state index contributed by atoms with van der Waals surface area (Å²) < 4.78 is 1.20. The standard InChI is InChI=1S/C18H21N3O3/c22-15-10-11-21(18(24)20-15)12-16(23)19-17(14-8-4-5-9-14)13-6-2-1-3-7-13/h1-3,6-7,10-11,14,17H,4-5,8-9,12H2,(H,19,23)(H,20,22,24). The largest absolute Gasteiger partial charge is 0.347 e. The molecule has 1 aliphatic carbocycles. The number of nitrogens with one attached hydrogen (secondary N) is 2. The van der Waals surface area contributed by atoms with Gasteiger partial charge in [0.25, 0.3) is 5.56 Å². The van der Waals surface area contributed by atoms with E-state index in [0.717, 1.165) is 18.4 Å². The van der Waals surface area contributed by atoms with Gasteiger partial charge in [0.2, 0.25) is 5.91 Å². The van der Waals surface area contributed by atoms with Gasteiger partial charge < -0.3 is 5.32 Å². The second kappa shape index (κ2) is 7.29. The Morgan fingerprint density at radius 3 is 2.54 bits per heavy atom. The van der Waals surface area contributed by atoms with E-state index < -0.39 is 11.2 Å². The molecule has 1 saturated carbocycles. The molecule has 1 amide bonds. The Hall–Kier alpha value is -2.63. The van der Waals surface area contributed by atoms with Gasteiger partial charge in [-0.15, -0.1) is 0 Å². The van der Waals surface area contributed by atoms with E-state index in [1.807, 2.05) is 30.3 Å². The third-order valence-corrected chi connectivity index (χ3v) is 4.56. The minimum Gasteiger partial charge on any atom is -0.347 e. The van der Waals surface area contributed by atoms with Crippen LogP contribution in [0.4, 0.5) is 0 Å². The fraction of sp³-hybridized carbons (Fsp3) is 0.389. The van der Waals surface area contributed by atoms with Crippen LogP contribution in [-0.2, 0) is 11.3 Å². The van der Waals surface area contributed by atoms with Gasteiger partial charge in [0.1, 0.15) is 6.54 Å². The normalized spacial score (nSPS) is 16.0. The van der Waals surface area contributed by atoms with E-state index in [4.69, 9.17) is 0 Å². The molecule has 1 unspecified atom stereocenters. The molecule has 3 rings (SSSR count). The Bertz CT molecular complexity index is 804. The highest BCUT2D eigenvalue weighted by molar-refractivity contribution is 5.76. The summed E-state index contributed by atoms with van der Waals surface area (Å²) in [6.07, 6.45) is 5.90. The van der Waals surface area contributed by atoms with Crippen molar-refractivity contribution in [2.24, 2.45) is 5.92 Å². The second-order valence-corrected chi connectivity index (χ2v) is 6.24. The molecule has 2 aromatic rings. The van der Waals surface area contributed by atoms with Crippen molar-refractivity contribution in [2.75, 3.05) is 0 Å². The average Bonchev–Trinajstić information content (AvgIpc) is 3.10. The lowest BCUT2D eigenvalue weighted by Crippen LogP contribution is -2.38. The first-order chi connectivity index (χ1) is 11.6. The molecule has 1 heterocycles. The zero-order valence-electron chi connectivity index (χ0n) is 13.4. The number of H-pyrrole nitrogens is 1. The maximum atomic E-state index is 12.4. The molecule has 126 valence electrons. The van der Waals surface area contributed by atoms with Crippen LogP contribution in [0.3, 0.4) is 0 Å². The highest BCUT2D eigenvalue weighted by Crippen LogP contribution is 2.35. The van der Waals surface area contributed by atoms with E-state index in [1.165, 1.54) is 29.7 Å². The zero-order valence-corrected chi connectivity index (χ0v) is 13.4. The molecule has 1 fully saturated rings. The van der Waals surface area contributed by atoms with Gasteiger partial charge >= 0.3 is 5.69 Å². The van der Waals surface area contributed by atoms with Crippen molar-refractivity contribution >= 4 is 5.91 Å². The van der Waals surface area contributed by atoms with Gasteiger partial charge in [-0.25, -0.2) is 4.79 Å². The zero-order chi connectivity index (χ0) is 16.9. The Morgan fingerprint density at radius 2 is 1.88 bits per heavy atom. The van der Waals surface area contributed by atoms with E-state index >= 15 is 0 Å². The lowest BCUT2D eigenvalue weighted by molar-refractivity contribution is -0.122. The van der Waals surface area contributed by atoms with Crippen LogP contribution in [0.15, 0.2) is 52.2 Å². The summed E-state index contributed by atoms with van der Waals surface area (Å²) in [7, 11) is 0. The molecule has 0 spiro atoms. The lowest BCUT2D eigenvalue weighted by Gasteiger charge is -2.25. The molecule has 1 aliphatic rings. The number of rotatable bonds is 5. The van der Waals surface area contributed by atoms with E-state index in [9.17, 15) is 14.4 Å². The highest BCUT2D eigenvalue weighted by Gasteiger charge is 2.27. The topological polar surface area (TPSA) is 84.0 Å². The smallest absolute Gasteiger partial charge is 0.328 e. The molecule has 1 aromatic heterocycles. The van der Waals surface area contributed by atoms with Crippen LogP contribution in [0, 0.1) is 5.92 Å². The van der Waals surface area contributed by atoms with Crippen molar-refractivity contribution in [3.05, 3.63) is 69.0 Å². The summed E-state index contributed by atoms with van der Waals surface area (Å²) in [6, 6.07) is 11.1. The predicted molar refractivity (Wildman–Crippen MR) is 90.6 cm³/mol. The molecule has 2 N–H and O–H groups in total. The molecular weight excluding hydrogens is 306 g/mol. The third-order valence-electron chi connectivity index (χ3n) is 4.56. The number of hydrogen-bond acceptors (Lipinski definition) is 3. The van der Waals surface area contributed by atoms with Crippen molar-refractivity contribution < 1.29 is 4.79 Å². The highest BCUT2D eigenvalue weighted by atomic mass is 16.2. The van der Waals surface area contributed by atoms with Crippen molar-refractivity contribution in [1.29, 1.82) is 0 Å². The Kier molecular flexibility index (Phi) is 4.93. The van der Waals surface area contributed by atoms with Crippen molar-refractivity contribution in [3.63, 3.8) is 0 Å². The molecular formula is C18H21N3O3. The summed E-state index contributed by atoms with van der Waals surface area (Å²) in [5.41, 5.74) is 0.0473. The monoisotopic (exact) mass is 327 g/mol. The molecule has 24 heavy (non-hydrogen) atoms. The van der Waals surface area contributed by atoms with Gasteiger partial charge in [-0.05, 0) is 24.3 Å². The second-order valence-electron chi connectivity index (χ2n) is 6.24. The number of carbonyl (C=O) groups excluding carboxylic acids is 1. The minimum atomic E-state index is -0.574. The minimum absolute atomic E-state index is 0.0420. The first-order valence-corrected chi connectivity index (χ1v) is 8.27. The van der Waals surface area contributed by atoms with Crippen LogP contribution in [0.2, 0.25) is 0 Å². The van der Waals surface area contributed by atoms with Crippen LogP contribution in [0.5, 0.6) is 0 Å². The fourth-order valence-corrected chi connectivity index (χ4v) is 3.37. The number of carbonyl (C=O) groups is 1. The number of benzene rings is 1. The molecule has 0 bridgehead atoms. The third kappa shape index (κ3) is 3.82.